The van der Waals surface area contributed by atoms with Crippen molar-refractivity contribution in [1.29, 1.82) is 0 Å². The van der Waals surface area contributed by atoms with E-state index in [2.05, 4.69) is 35.8 Å². The van der Waals surface area contributed by atoms with Crippen LogP contribution in [0.2, 0.25) is 0 Å². The second-order valence-electron chi connectivity index (χ2n) is 8.55. The number of carbonyl (C=O) groups is 1. The quantitative estimate of drug-likeness (QED) is 0.683. The Morgan fingerprint density at radius 2 is 1.89 bits per heavy atom. The maximum Gasteiger partial charge on any atom is 0.410 e. The van der Waals surface area contributed by atoms with Gasteiger partial charge in [0.25, 0.3) is 0 Å². The number of anilines is 1. The van der Waals surface area contributed by atoms with Crippen molar-refractivity contribution in [2.45, 2.75) is 39.2 Å². The van der Waals surface area contributed by atoms with Crippen LogP contribution in [0.15, 0.2) is 23.1 Å². The van der Waals surface area contributed by atoms with Gasteiger partial charge in [-0.15, -0.1) is 0 Å². The highest BCUT2D eigenvalue weighted by molar-refractivity contribution is 9.10. The predicted molar refractivity (Wildman–Crippen MR) is 107 cm³/mol. The predicted octanol–water partition coefficient (Wildman–Crippen LogP) is 3.62. The summed E-state index contributed by atoms with van der Waals surface area (Å²) in [6.45, 7) is 9.11. The van der Waals surface area contributed by atoms with E-state index in [9.17, 15) is 4.79 Å². The van der Waals surface area contributed by atoms with Crippen LogP contribution >= 0.6 is 15.9 Å². The fourth-order valence-corrected chi connectivity index (χ4v) is 4.21. The number of halogens is 1. The van der Waals surface area contributed by atoms with Gasteiger partial charge in [-0.2, -0.15) is 0 Å². The van der Waals surface area contributed by atoms with Crippen LogP contribution in [-0.2, 0) is 4.74 Å². The second-order valence-corrected chi connectivity index (χ2v) is 9.46. The zero-order chi connectivity index (χ0) is 19.2. The molecule has 27 heavy (non-hydrogen) atoms. The number of fused-ring (bicyclic) bond motifs is 1. The molecule has 0 unspecified atom stereocenters. The standard InChI is InChI=1S/C19H24BrN5O2/c1-18(2,3)27-17(26)24-6-4-19(5-7-24)10-25(11-19)16-14-8-13(20)9-21-15(14)22-12-23-16/h8-9,12H,4-7,10-11H2,1-3H3. The number of piperidine rings is 1. The summed E-state index contributed by atoms with van der Waals surface area (Å²) in [6.07, 6.45) is 5.12. The van der Waals surface area contributed by atoms with Gasteiger partial charge < -0.3 is 14.5 Å². The van der Waals surface area contributed by atoms with Gasteiger partial charge in [-0.1, -0.05) is 0 Å². The van der Waals surface area contributed by atoms with Crippen molar-refractivity contribution in [2.24, 2.45) is 5.41 Å². The molecule has 2 aliphatic heterocycles. The van der Waals surface area contributed by atoms with E-state index in [0.717, 1.165) is 54.7 Å². The molecular formula is C19H24BrN5O2. The Balaban J connectivity index is 1.41. The van der Waals surface area contributed by atoms with Crippen molar-refractivity contribution in [3.05, 3.63) is 23.1 Å². The number of ether oxygens (including phenoxy) is 1. The minimum atomic E-state index is -0.449. The van der Waals surface area contributed by atoms with Crippen LogP contribution in [0.25, 0.3) is 11.0 Å². The van der Waals surface area contributed by atoms with Gasteiger partial charge in [0.2, 0.25) is 0 Å². The summed E-state index contributed by atoms with van der Waals surface area (Å²) in [5, 5.41) is 0.966. The fraction of sp³-hybridized carbons (Fsp3) is 0.579. The molecule has 8 heteroatoms. The second kappa shape index (κ2) is 6.58. The molecule has 0 radical (unpaired) electrons. The zero-order valence-electron chi connectivity index (χ0n) is 15.9. The first kappa shape index (κ1) is 18.4. The highest BCUT2D eigenvalue weighted by Gasteiger charge is 2.46. The number of pyridine rings is 1. The normalized spacial score (nSPS) is 19.3. The molecule has 0 bridgehead atoms. The van der Waals surface area contributed by atoms with Crippen molar-refractivity contribution in [2.75, 3.05) is 31.1 Å². The lowest BCUT2D eigenvalue weighted by Crippen LogP contribution is -2.61. The number of hydrogen-bond donors (Lipinski definition) is 0. The van der Waals surface area contributed by atoms with Gasteiger partial charge in [0.05, 0.1) is 5.39 Å². The van der Waals surface area contributed by atoms with Crippen molar-refractivity contribution < 1.29 is 9.53 Å². The number of rotatable bonds is 1. The molecule has 2 aromatic rings. The Morgan fingerprint density at radius 1 is 1.19 bits per heavy atom. The monoisotopic (exact) mass is 433 g/mol. The number of likely N-dealkylation sites (tertiary alicyclic amines) is 1. The third kappa shape index (κ3) is 3.72. The van der Waals surface area contributed by atoms with Gasteiger partial charge in [0, 0.05) is 42.3 Å². The van der Waals surface area contributed by atoms with E-state index in [-0.39, 0.29) is 11.5 Å². The smallest absolute Gasteiger partial charge is 0.410 e. The van der Waals surface area contributed by atoms with Crippen LogP contribution in [0.1, 0.15) is 33.6 Å². The molecule has 2 aromatic heterocycles. The molecule has 1 spiro atoms. The average molecular weight is 434 g/mol. The van der Waals surface area contributed by atoms with E-state index in [4.69, 9.17) is 4.74 Å². The largest absolute Gasteiger partial charge is 0.444 e. The van der Waals surface area contributed by atoms with Crippen LogP contribution in [0.5, 0.6) is 0 Å². The van der Waals surface area contributed by atoms with Gasteiger partial charge in [0.1, 0.15) is 17.7 Å². The van der Waals surface area contributed by atoms with Crippen molar-refractivity contribution >= 4 is 38.9 Å². The van der Waals surface area contributed by atoms with Crippen molar-refractivity contribution in [3.8, 4) is 0 Å². The van der Waals surface area contributed by atoms with Gasteiger partial charge in [0.15, 0.2) is 5.65 Å². The number of nitrogens with zero attached hydrogens (tertiary/aromatic N) is 5. The molecule has 0 aromatic carbocycles. The summed E-state index contributed by atoms with van der Waals surface area (Å²) in [4.78, 5) is 29.5. The Labute approximate surface area is 167 Å². The maximum atomic E-state index is 12.3. The third-order valence-corrected chi connectivity index (χ3v) is 5.70. The summed E-state index contributed by atoms with van der Waals surface area (Å²) in [5.74, 6) is 0.939. The molecule has 0 N–H and O–H groups in total. The fourth-order valence-electron chi connectivity index (χ4n) is 3.88. The summed E-state index contributed by atoms with van der Waals surface area (Å²) < 4.78 is 6.42. The highest BCUT2D eigenvalue weighted by Crippen LogP contribution is 2.43. The first-order valence-corrected chi connectivity index (χ1v) is 10.0. The van der Waals surface area contributed by atoms with Crippen molar-refractivity contribution in [3.63, 3.8) is 0 Å². The van der Waals surface area contributed by atoms with Gasteiger partial charge >= 0.3 is 6.09 Å². The summed E-state index contributed by atoms with van der Waals surface area (Å²) in [5.41, 5.74) is 0.523. The lowest BCUT2D eigenvalue weighted by molar-refractivity contribution is 0.00593. The Bertz CT molecular complexity index is 866. The van der Waals surface area contributed by atoms with Gasteiger partial charge in [-0.3, -0.25) is 0 Å². The summed E-state index contributed by atoms with van der Waals surface area (Å²) >= 11 is 3.48. The SMILES string of the molecule is CC(C)(C)OC(=O)N1CCC2(CC1)CN(c1ncnc3ncc(Br)cc13)C2. The average Bonchev–Trinajstić information content (AvgIpc) is 2.58. The molecule has 2 saturated heterocycles. The third-order valence-electron chi connectivity index (χ3n) is 5.26. The Hall–Kier alpha value is -1.96. The first-order chi connectivity index (χ1) is 12.7. The van der Waals surface area contributed by atoms with Gasteiger partial charge in [-0.25, -0.2) is 19.7 Å². The molecule has 0 atom stereocenters. The molecule has 2 aliphatic rings. The minimum Gasteiger partial charge on any atom is -0.444 e. The van der Waals surface area contributed by atoms with E-state index in [1.165, 1.54) is 0 Å². The summed E-state index contributed by atoms with van der Waals surface area (Å²) in [7, 11) is 0. The van der Waals surface area contributed by atoms with Crippen LogP contribution in [0.4, 0.5) is 10.6 Å². The van der Waals surface area contributed by atoms with Gasteiger partial charge in [-0.05, 0) is 55.6 Å². The molecule has 7 nitrogen and oxygen atoms in total. The Morgan fingerprint density at radius 3 is 2.56 bits per heavy atom. The maximum absolute atomic E-state index is 12.3. The molecule has 0 saturated carbocycles. The van der Waals surface area contributed by atoms with E-state index in [0.29, 0.717) is 5.65 Å². The molecule has 144 valence electrons. The van der Waals surface area contributed by atoms with E-state index < -0.39 is 5.60 Å². The van der Waals surface area contributed by atoms with E-state index in [1.54, 1.807) is 12.5 Å². The first-order valence-electron chi connectivity index (χ1n) is 9.24. The lowest BCUT2D eigenvalue weighted by atomic mass is 9.72. The lowest BCUT2D eigenvalue weighted by Gasteiger charge is -2.54. The van der Waals surface area contributed by atoms with Crippen LogP contribution in [-0.4, -0.2) is 57.7 Å². The molecule has 0 aliphatic carbocycles. The topological polar surface area (TPSA) is 71.5 Å². The van der Waals surface area contributed by atoms with Crippen LogP contribution in [0.3, 0.4) is 0 Å². The Kier molecular flexibility index (Phi) is 4.49. The zero-order valence-corrected chi connectivity index (χ0v) is 17.5. The molecular weight excluding hydrogens is 410 g/mol. The number of amides is 1. The number of carbonyl (C=O) groups excluding carboxylic acids is 1. The van der Waals surface area contributed by atoms with Crippen molar-refractivity contribution in [1.82, 2.24) is 19.9 Å². The van der Waals surface area contributed by atoms with E-state index in [1.807, 2.05) is 31.7 Å². The minimum absolute atomic E-state index is 0.203. The van der Waals surface area contributed by atoms with Crippen LogP contribution < -0.4 is 4.90 Å². The molecule has 2 fully saturated rings. The number of hydrogen-bond acceptors (Lipinski definition) is 6. The van der Waals surface area contributed by atoms with E-state index >= 15 is 0 Å². The number of aromatic nitrogens is 3. The molecule has 4 rings (SSSR count). The molecule has 1 amide bonds. The summed E-state index contributed by atoms with van der Waals surface area (Å²) in [6, 6.07) is 2.02. The van der Waals surface area contributed by atoms with Crippen LogP contribution in [0, 0.1) is 5.41 Å². The molecule has 4 heterocycles. The highest BCUT2D eigenvalue weighted by atomic mass is 79.9.